The number of hydrogen-bond donors (Lipinski definition) is 2. The van der Waals surface area contributed by atoms with Crippen LogP contribution in [0.5, 0.6) is 0 Å². The van der Waals surface area contributed by atoms with E-state index in [1.54, 1.807) is 0 Å². The molecule has 0 atom stereocenters. The molecule has 0 saturated carbocycles. The minimum absolute atomic E-state index is 0.199. The van der Waals surface area contributed by atoms with Crippen molar-refractivity contribution in [2.75, 3.05) is 0 Å². The maximum absolute atomic E-state index is 11.0. The number of rotatable bonds is 1. The van der Waals surface area contributed by atoms with Crippen LogP contribution in [0.2, 0.25) is 0 Å². The number of nitrogens with two attached hydrogens (primary N) is 2. The summed E-state index contributed by atoms with van der Waals surface area (Å²) in [5.74, 6) is -0.573. The standard InChI is InChI=1S/C8H9N5O2/c9-7(14)5-3-11-13-2-1-12(8(10)15)4-6(5)13/h1-3H,4H2,(H2,9,14)(H2,10,15). The second kappa shape index (κ2) is 3.12. The molecule has 0 aromatic carbocycles. The van der Waals surface area contributed by atoms with Crippen molar-refractivity contribution in [2.24, 2.45) is 11.5 Å². The molecule has 7 heteroatoms. The van der Waals surface area contributed by atoms with E-state index in [0.717, 1.165) is 0 Å². The van der Waals surface area contributed by atoms with Crippen molar-refractivity contribution >= 4 is 18.1 Å². The predicted molar refractivity (Wildman–Crippen MR) is 51.2 cm³/mol. The summed E-state index contributed by atoms with van der Waals surface area (Å²) in [6.07, 6.45) is 4.40. The van der Waals surface area contributed by atoms with Crippen LogP contribution in [0, 0.1) is 0 Å². The first kappa shape index (κ1) is 9.25. The Morgan fingerprint density at radius 2 is 2.07 bits per heavy atom. The van der Waals surface area contributed by atoms with E-state index < -0.39 is 11.9 Å². The number of urea groups is 1. The zero-order chi connectivity index (χ0) is 11.0. The molecule has 1 aromatic heterocycles. The molecule has 0 aliphatic carbocycles. The molecule has 1 aliphatic heterocycles. The summed E-state index contributed by atoms with van der Waals surface area (Å²) in [4.78, 5) is 23.2. The highest BCUT2D eigenvalue weighted by Gasteiger charge is 2.21. The fraction of sp³-hybridized carbons (Fsp3) is 0.125. The number of nitrogens with zero attached hydrogens (tertiary/aromatic N) is 3. The van der Waals surface area contributed by atoms with Gasteiger partial charge in [-0.3, -0.25) is 9.69 Å². The summed E-state index contributed by atoms with van der Waals surface area (Å²) in [7, 11) is 0. The van der Waals surface area contributed by atoms with Gasteiger partial charge in [0.15, 0.2) is 0 Å². The van der Waals surface area contributed by atoms with Crippen molar-refractivity contribution in [2.45, 2.75) is 6.54 Å². The van der Waals surface area contributed by atoms with E-state index in [-0.39, 0.29) is 6.54 Å². The summed E-state index contributed by atoms with van der Waals surface area (Å²) in [6.45, 7) is 0.199. The molecule has 78 valence electrons. The molecule has 0 spiro atoms. The monoisotopic (exact) mass is 207 g/mol. The van der Waals surface area contributed by atoms with E-state index in [1.807, 2.05) is 0 Å². The molecule has 0 radical (unpaired) electrons. The van der Waals surface area contributed by atoms with E-state index in [2.05, 4.69) is 5.10 Å². The first-order valence-corrected chi connectivity index (χ1v) is 4.20. The molecule has 0 bridgehead atoms. The Kier molecular flexibility index (Phi) is 1.93. The van der Waals surface area contributed by atoms with Gasteiger partial charge >= 0.3 is 6.03 Å². The van der Waals surface area contributed by atoms with E-state index in [4.69, 9.17) is 11.5 Å². The minimum Gasteiger partial charge on any atom is -0.365 e. The summed E-state index contributed by atoms with van der Waals surface area (Å²) in [5, 5.41) is 3.92. The lowest BCUT2D eigenvalue weighted by Gasteiger charge is -2.20. The van der Waals surface area contributed by atoms with E-state index in [9.17, 15) is 9.59 Å². The Hall–Kier alpha value is -2.31. The zero-order valence-electron chi connectivity index (χ0n) is 7.75. The van der Waals surface area contributed by atoms with Gasteiger partial charge in [-0.1, -0.05) is 0 Å². The van der Waals surface area contributed by atoms with Crippen LogP contribution in [0.4, 0.5) is 4.79 Å². The van der Waals surface area contributed by atoms with Crippen LogP contribution in [0.25, 0.3) is 6.20 Å². The van der Waals surface area contributed by atoms with Gasteiger partial charge in [0.2, 0.25) is 0 Å². The molecule has 7 nitrogen and oxygen atoms in total. The molecule has 1 aromatic rings. The molecular weight excluding hydrogens is 198 g/mol. The van der Waals surface area contributed by atoms with Gasteiger partial charge in [-0.15, -0.1) is 0 Å². The molecule has 15 heavy (non-hydrogen) atoms. The predicted octanol–water partition coefficient (Wildman–Crippen LogP) is -0.696. The van der Waals surface area contributed by atoms with Gasteiger partial charge in [0, 0.05) is 12.4 Å². The maximum atomic E-state index is 11.0. The van der Waals surface area contributed by atoms with Crippen LogP contribution < -0.4 is 11.5 Å². The second-order valence-electron chi connectivity index (χ2n) is 3.08. The molecule has 4 N–H and O–H groups in total. The molecule has 2 heterocycles. The van der Waals surface area contributed by atoms with Crippen LogP contribution in [-0.2, 0) is 6.54 Å². The Morgan fingerprint density at radius 1 is 1.33 bits per heavy atom. The molecule has 0 fully saturated rings. The molecule has 2 rings (SSSR count). The van der Waals surface area contributed by atoms with Gasteiger partial charge in [0.1, 0.15) is 0 Å². The largest absolute Gasteiger partial charge is 0.365 e. The Bertz CT molecular complexity index is 462. The number of amides is 3. The molecule has 0 saturated heterocycles. The molecular formula is C8H9N5O2. The average Bonchev–Trinajstić information content (AvgIpc) is 2.59. The van der Waals surface area contributed by atoms with Crippen LogP contribution in [-0.4, -0.2) is 26.6 Å². The summed E-state index contributed by atoms with van der Waals surface area (Å²) in [6, 6.07) is -0.589. The molecule has 1 aliphatic rings. The second-order valence-corrected chi connectivity index (χ2v) is 3.08. The Balaban J connectivity index is 2.41. The van der Waals surface area contributed by atoms with Gasteiger partial charge in [-0.05, 0) is 0 Å². The Morgan fingerprint density at radius 3 is 2.67 bits per heavy atom. The number of carbonyl (C=O) groups is 2. The van der Waals surface area contributed by atoms with Gasteiger partial charge in [0.05, 0.1) is 24.0 Å². The van der Waals surface area contributed by atoms with Crippen molar-refractivity contribution in [3.8, 4) is 0 Å². The lowest BCUT2D eigenvalue weighted by molar-refractivity contribution is 0.0998. The van der Waals surface area contributed by atoms with Crippen LogP contribution >= 0.6 is 0 Å². The smallest absolute Gasteiger partial charge is 0.319 e. The lowest BCUT2D eigenvalue weighted by Crippen LogP contribution is -2.34. The third-order valence-electron chi connectivity index (χ3n) is 2.16. The number of fused-ring (bicyclic) bond motifs is 1. The third-order valence-corrected chi connectivity index (χ3v) is 2.16. The number of aromatic nitrogens is 2. The fourth-order valence-electron chi connectivity index (χ4n) is 1.39. The summed E-state index contributed by atoms with van der Waals surface area (Å²) >= 11 is 0. The highest BCUT2D eigenvalue weighted by atomic mass is 16.2. The first-order valence-electron chi connectivity index (χ1n) is 4.20. The average molecular weight is 207 g/mol. The van der Waals surface area contributed by atoms with Gasteiger partial charge in [-0.2, -0.15) is 5.10 Å². The summed E-state index contributed by atoms with van der Waals surface area (Å²) in [5.41, 5.74) is 11.1. The SMILES string of the molecule is NC(=O)c1cnn2c1CN(C(N)=O)C=C2. The van der Waals surface area contributed by atoms with E-state index in [0.29, 0.717) is 11.3 Å². The van der Waals surface area contributed by atoms with Crippen LogP contribution in [0.15, 0.2) is 12.4 Å². The van der Waals surface area contributed by atoms with Crippen molar-refractivity contribution in [1.29, 1.82) is 0 Å². The van der Waals surface area contributed by atoms with Gasteiger partial charge in [-0.25, -0.2) is 9.48 Å². The van der Waals surface area contributed by atoms with Crippen LogP contribution in [0.3, 0.4) is 0 Å². The lowest BCUT2D eigenvalue weighted by atomic mass is 10.2. The van der Waals surface area contributed by atoms with E-state index >= 15 is 0 Å². The van der Waals surface area contributed by atoms with E-state index in [1.165, 1.54) is 28.2 Å². The van der Waals surface area contributed by atoms with Gasteiger partial charge in [0.25, 0.3) is 5.91 Å². The first-order chi connectivity index (χ1) is 7.09. The number of primary amides is 2. The highest BCUT2D eigenvalue weighted by Crippen LogP contribution is 2.16. The molecule has 0 unspecified atom stereocenters. The summed E-state index contributed by atoms with van der Waals surface area (Å²) < 4.78 is 1.49. The number of hydrogen-bond acceptors (Lipinski definition) is 3. The van der Waals surface area contributed by atoms with Crippen molar-refractivity contribution in [3.63, 3.8) is 0 Å². The topological polar surface area (TPSA) is 107 Å². The quantitative estimate of drug-likeness (QED) is 0.635. The number of carbonyl (C=O) groups excluding carboxylic acids is 2. The minimum atomic E-state index is -0.589. The normalized spacial score (nSPS) is 13.7. The maximum Gasteiger partial charge on any atom is 0.319 e. The van der Waals surface area contributed by atoms with Crippen molar-refractivity contribution in [3.05, 3.63) is 23.7 Å². The molecule has 3 amide bonds. The van der Waals surface area contributed by atoms with Crippen molar-refractivity contribution < 1.29 is 9.59 Å². The van der Waals surface area contributed by atoms with Crippen LogP contribution in [0.1, 0.15) is 16.1 Å². The third kappa shape index (κ3) is 1.43. The fourth-order valence-corrected chi connectivity index (χ4v) is 1.39. The highest BCUT2D eigenvalue weighted by molar-refractivity contribution is 5.94. The zero-order valence-corrected chi connectivity index (χ0v) is 7.75. The Labute approximate surface area is 84.9 Å². The van der Waals surface area contributed by atoms with Gasteiger partial charge < -0.3 is 11.5 Å². The van der Waals surface area contributed by atoms with Crippen molar-refractivity contribution in [1.82, 2.24) is 14.7 Å².